The van der Waals surface area contributed by atoms with Gasteiger partial charge in [-0.05, 0) is 24.6 Å². The highest BCUT2D eigenvalue weighted by Gasteiger charge is 2.16. The van der Waals surface area contributed by atoms with Crippen LogP contribution < -0.4 is 14.8 Å². The number of carbonyl (C=O) groups excluding carboxylic acids is 1. The van der Waals surface area contributed by atoms with Crippen molar-refractivity contribution in [1.29, 1.82) is 0 Å². The van der Waals surface area contributed by atoms with Crippen molar-refractivity contribution in [2.75, 3.05) is 13.3 Å². The molecule has 0 fully saturated rings. The van der Waals surface area contributed by atoms with Crippen LogP contribution in [-0.2, 0) is 4.79 Å². The van der Waals surface area contributed by atoms with Gasteiger partial charge in [-0.25, -0.2) is 4.98 Å². The van der Waals surface area contributed by atoms with Crippen molar-refractivity contribution in [2.24, 2.45) is 0 Å². The smallest absolute Gasteiger partial charge is 0.303 e. The summed E-state index contributed by atoms with van der Waals surface area (Å²) in [6, 6.07) is 5.50. The van der Waals surface area contributed by atoms with Crippen molar-refractivity contribution in [2.45, 2.75) is 12.8 Å². The average molecular weight is 334 g/mol. The van der Waals surface area contributed by atoms with Crippen molar-refractivity contribution in [3.63, 3.8) is 0 Å². The summed E-state index contributed by atoms with van der Waals surface area (Å²) in [4.78, 5) is 26.7. The highest BCUT2D eigenvalue weighted by molar-refractivity contribution is 7.13. The van der Waals surface area contributed by atoms with Gasteiger partial charge in [-0.3, -0.25) is 9.59 Å². The van der Waals surface area contributed by atoms with Crippen LogP contribution in [0, 0.1) is 0 Å². The zero-order chi connectivity index (χ0) is 16.2. The Hall–Kier alpha value is -2.61. The molecule has 120 valence electrons. The van der Waals surface area contributed by atoms with E-state index in [0.29, 0.717) is 35.2 Å². The Morgan fingerprint density at radius 2 is 2.13 bits per heavy atom. The molecule has 0 radical (unpaired) electrons. The number of carboxylic acids is 1. The number of carbonyl (C=O) groups is 2. The Bertz CT molecular complexity index is 743. The first-order valence-electron chi connectivity index (χ1n) is 6.99. The molecule has 0 saturated carbocycles. The van der Waals surface area contributed by atoms with Gasteiger partial charge in [0.25, 0.3) is 5.91 Å². The topological polar surface area (TPSA) is 97.8 Å². The SMILES string of the molecule is O=C(O)CCCNC(=O)c1csc(-c2ccc3c(c2)OCO3)n1. The fraction of sp³-hybridized carbons (Fsp3) is 0.267. The molecule has 0 aliphatic carbocycles. The second-order valence-electron chi connectivity index (χ2n) is 4.86. The number of ether oxygens (including phenoxy) is 2. The summed E-state index contributed by atoms with van der Waals surface area (Å²) in [5.41, 5.74) is 1.17. The van der Waals surface area contributed by atoms with Gasteiger partial charge >= 0.3 is 5.97 Å². The molecule has 2 aromatic rings. The summed E-state index contributed by atoms with van der Waals surface area (Å²) < 4.78 is 10.6. The highest BCUT2D eigenvalue weighted by Crippen LogP contribution is 2.36. The number of hydrogen-bond donors (Lipinski definition) is 2. The van der Waals surface area contributed by atoms with Crippen LogP contribution in [0.2, 0.25) is 0 Å². The minimum absolute atomic E-state index is 0.0276. The van der Waals surface area contributed by atoms with Gasteiger partial charge in [0.15, 0.2) is 11.5 Å². The average Bonchev–Trinajstić information content (AvgIpc) is 3.18. The number of thiazole rings is 1. The third-order valence-corrected chi connectivity index (χ3v) is 4.10. The summed E-state index contributed by atoms with van der Waals surface area (Å²) in [7, 11) is 0. The lowest BCUT2D eigenvalue weighted by Crippen LogP contribution is -2.25. The molecular weight excluding hydrogens is 320 g/mol. The van der Waals surface area contributed by atoms with E-state index >= 15 is 0 Å². The third kappa shape index (κ3) is 3.59. The largest absolute Gasteiger partial charge is 0.481 e. The van der Waals surface area contributed by atoms with Crippen LogP contribution in [0.15, 0.2) is 23.6 Å². The molecule has 1 aliphatic rings. The van der Waals surface area contributed by atoms with E-state index in [9.17, 15) is 9.59 Å². The first-order valence-corrected chi connectivity index (χ1v) is 7.87. The van der Waals surface area contributed by atoms with E-state index in [1.807, 2.05) is 18.2 Å². The number of amides is 1. The lowest BCUT2D eigenvalue weighted by molar-refractivity contribution is -0.137. The number of fused-ring (bicyclic) bond motifs is 1. The second-order valence-corrected chi connectivity index (χ2v) is 5.72. The molecule has 1 amide bonds. The van der Waals surface area contributed by atoms with E-state index < -0.39 is 5.97 Å². The maximum absolute atomic E-state index is 12.0. The molecular formula is C15H14N2O5S. The van der Waals surface area contributed by atoms with Gasteiger partial charge in [0, 0.05) is 23.9 Å². The number of nitrogens with zero attached hydrogens (tertiary/aromatic N) is 1. The summed E-state index contributed by atoms with van der Waals surface area (Å²) in [5.74, 6) is 0.177. The van der Waals surface area contributed by atoms with Crippen LogP contribution in [0.25, 0.3) is 10.6 Å². The molecule has 2 heterocycles. The maximum atomic E-state index is 12.0. The zero-order valence-electron chi connectivity index (χ0n) is 12.1. The number of aromatic nitrogens is 1. The van der Waals surface area contributed by atoms with Crippen LogP contribution in [-0.4, -0.2) is 35.3 Å². The second kappa shape index (κ2) is 6.66. The van der Waals surface area contributed by atoms with Crippen molar-refractivity contribution >= 4 is 23.2 Å². The monoisotopic (exact) mass is 334 g/mol. The Morgan fingerprint density at radius 1 is 1.30 bits per heavy atom. The molecule has 1 aromatic carbocycles. The van der Waals surface area contributed by atoms with E-state index in [0.717, 1.165) is 5.56 Å². The number of rotatable bonds is 6. The Balaban J connectivity index is 1.63. The van der Waals surface area contributed by atoms with E-state index in [2.05, 4.69) is 10.3 Å². The van der Waals surface area contributed by atoms with Gasteiger partial charge in [0.2, 0.25) is 6.79 Å². The lowest BCUT2D eigenvalue weighted by Gasteiger charge is -2.01. The van der Waals surface area contributed by atoms with Gasteiger partial charge in [0.1, 0.15) is 10.7 Å². The number of benzene rings is 1. The van der Waals surface area contributed by atoms with E-state index in [1.54, 1.807) is 5.38 Å². The van der Waals surface area contributed by atoms with E-state index in [1.165, 1.54) is 11.3 Å². The summed E-state index contributed by atoms with van der Waals surface area (Å²) in [6.45, 7) is 0.517. The molecule has 1 aliphatic heterocycles. The fourth-order valence-electron chi connectivity index (χ4n) is 2.07. The molecule has 23 heavy (non-hydrogen) atoms. The van der Waals surface area contributed by atoms with Crippen LogP contribution in [0.5, 0.6) is 11.5 Å². The van der Waals surface area contributed by atoms with Crippen molar-refractivity contribution in [1.82, 2.24) is 10.3 Å². The molecule has 1 aromatic heterocycles. The predicted octanol–water partition coefficient (Wildman–Crippen LogP) is 2.13. The number of nitrogens with one attached hydrogen (secondary N) is 1. The number of aliphatic carboxylic acids is 1. The van der Waals surface area contributed by atoms with Gasteiger partial charge in [-0.15, -0.1) is 11.3 Å². The predicted molar refractivity (Wildman–Crippen MR) is 82.9 cm³/mol. The summed E-state index contributed by atoms with van der Waals surface area (Å²) in [6.07, 6.45) is 0.417. The summed E-state index contributed by atoms with van der Waals surface area (Å²) >= 11 is 1.36. The quantitative estimate of drug-likeness (QED) is 0.786. The van der Waals surface area contributed by atoms with Crippen LogP contribution in [0.4, 0.5) is 0 Å². The highest BCUT2D eigenvalue weighted by atomic mass is 32.1. The Kier molecular flexibility index (Phi) is 4.42. The third-order valence-electron chi connectivity index (χ3n) is 3.21. The van der Waals surface area contributed by atoms with E-state index in [-0.39, 0.29) is 19.1 Å². The number of carboxylic acid groups (broad SMARTS) is 1. The first-order chi connectivity index (χ1) is 11.1. The molecule has 0 saturated heterocycles. The van der Waals surface area contributed by atoms with Crippen molar-refractivity contribution in [3.8, 4) is 22.1 Å². The lowest BCUT2D eigenvalue weighted by atomic mass is 10.2. The molecule has 2 N–H and O–H groups in total. The Morgan fingerprint density at radius 3 is 2.96 bits per heavy atom. The van der Waals surface area contributed by atoms with E-state index in [4.69, 9.17) is 14.6 Å². The van der Waals surface area contributed by atoms with Crippen LogP contribution >= 0.6 is 11.3 Å². The molecule has 8 heteroatoms. The molecule has 0 bridgehead atoms. The Labute approximate surface area is 135 Å². The molecule has 0 unspecified atom stereocenters. The van der Waals surface area contributed by atoms with Crippen molar-refractivity contribution in [3.05, 3.63) is 29.3 Å². The minimum Gasteiger partial charge on any atom is -0.481 e. The first kappa shape index (κ1) is 15.3. The molecule has 7 nitrogen and oxygen atoms in total. The van der Waals surface area contributed by atoms with Gasteiger partial charge in [-0.1, -0.05) is 0 Å². The van der Waals surface area contributed by atoms with Crippen molar-refractivity contribution < 1.29 is 24.2 Å². The summed E-state index contributed by atoms with van der Waals surface area (Å²) in [5, 5.41) is 13.6. The van der Waals surface area contributed by atoms with Gasteiger partial charge in [-0.2, -0.15) is 0 Å². The maximum Gasteiger partial charge on any atom is 0.303 e. The standard InChI is InChI=1S/C15H14N2O5S/c18-13(19)2-1-5-16-14(20)10-7-23-15(17-10)9-3-4-11-12(6-9)22-8-21-11/h3-4,6-7H,1-2,5,8H2,(H,16,20)(H,18,19). The normalized spacial score (nSPS) is 12.2. The van der Waals surface area contributed by atoms with Crippen LogP contribution in [0.3, 0.4) is 0 Å². The van der Waals surface area contributed by atoms with Crippen LogP contribution in [0.1, 0.15) is 23.3 Å². The van der Waals surface area contributed by atoms with Gasteiger partial charge < -0.3 is 19.9 Å². The zero-order valence-corrected chi connectivity index (χ0v) is 12.9. The minimum atomic E-state index is -0.877. The fourth-order valence-corrected chi connectivity index (χ4v) is 2.87. The molecule has 0 spiro atoms. The molecule has 0 atom stereocenters. The van der Waals surface area contributed by atoms with Gasteiger partial charge in [0.05, 0.1) is 0 Å². The molecule has 3 rings (SSSR count). The number of hydrogen-bond acceptors (Lipinski definition) is 6.